The van der Waals surface area contributed by atoms with E-state index < -0.39 is 5.25 Å². The molecule has 0 bridgehead atoms. The monoisotopic (exact) mass is 371 g/mol. The van der Waals surface area contributed by atoms with Gasteiger partial charge in [0.25, 0.3) is 5.56 Å². The summed E-state index contributed by atoms with van der Waals surface area (Å²) in [5.41, 5.74) is 0.552. The number of nitrogens with zero attached hydrogens (tertiary/aromatic N) is 2. The first kappa shape index (κ1) is 18.3. The van der Waals surface area contributed by atoms with E-state index in [9.17, 15) is 9.59 Å². The molecule has 3 aromatic rings. The average molecular weight is 371 g/mol. The Hall–Kier alpha value is -2.54. The summed E-state index contributed by atoms with van der Waals surface area (Å²) in [5, 5.41) is 3.57. The van der Waals surface area contributed by atoms with E-state index in [4.69, 9.17) is 4.42 Å². The Morgan fingerprint density at radius 2 is 2.00 bits per heavy atom. The number of aromatic nitrogens is 2. The van der Waals surface area contributed by atoms with Crippen molar-refractivity contribution < 1.29 is 9.21 Å². The van der Waals surface area contributed by atoms with E-state index in [1.807, 2.05) is 32.0 Å². The van der Waals surface area contributed by atoms with Crippen LogP contribution in [-0.2, 0) is 11.3 Å². The van der Waals surface area contributed by atoms with Crippen LogP contribution in [-0.4, -0.2) is 20.7 Å². The molecule has 0 saturated heterocycles. The second kappa shape index (κ2) is 7.78. The highest BCUT2D eigenvalue weighted by molar-refractivity contribution is 8.00. The number of furan rings is 1. The van der Waals surface area contributed by atoms with Crippen LogP contribution in [0.3, 0.4) is 0 Å². The Kier molecular flexibility index (Phi) is 5.46. The van der Waals surface area contributed by atoms with Gasteiger partial charge in [0, 0.05) is 6.04 Å². The number of fused-ring (bicyclic) bond motifs is 1. The van der Waals surface area contributed by atoms with E-state index in [1.54, 1.807) is 36.0 Å². The summed E-state index contributed by atoms with van der Waals surface area (Å²) in [4.78, 5) is 29.8. The fourth-order valence-electron chi connectivity index (χ4n) is 2.61. The molecule has 136 valence electrons. The van der Waals surface area contributed by atoms with Crippen molar-refractivity contribution in [2.45, 2.75) is 43.8 Å². The zero-order chi connectivity index (χ0) is 18.7. The molecule has 0 spiro atoms. The molecule has 1 aromatic carbocycles. The molecule has 0 radical (unpaired) electrons. The fraction of sp³-hybridized carbons (Fsp3) is 0.316. The van der Waals surface area contributed by atoms with E-state index in [2.05, 4.69) is 10.3 Å². The lowest BCUT2D eigenvalue weighted by Crippen LogP contribution is -2.32. The Labute approximate surface area is 155 Å². The number of nitrogens with one attached hydrogen (secondary N) is 1. The number of rotatable bonds is 6. The first-order valence-corrected chi connectivity index (χ1v) is 9.33. The number of carbonyl (C=O) groups excluding carboxylic acids is 1. The lowest BCUT2D eigenvalue weighted by molar-refractivity contribution is -0.120. The van der Waals surface area contributed by atoms with Crippen molar-refractivity contribution in [3.63, 3.8) is 0 Å². The summed E-state index contributed by atoms with van der Waals surface area (Å²) in [6, 6.07) is 10.8. The smallest absolute Gasteiger partial charge is 0.262 e. The van der Waals surface area contributed by atoms with Crippen LogP contribution in [0.4, 0.5) is 0 Å². The normalized spacial score (nSPS) is 12.5. The van der Waals surface area contributed by atoms with Gasteiger partial charge in [-0.1, -0.05) is 23.9 Å². The van der Waals surface area contributed by atoms with Crippen LogP contribution in [0, 0.1) is 0 Å². The van der Waals surface area contributed by atoms with E-state index in [0.29, 0.717) is 28.4 Å². The zero-order valence-corrected chi connectivity index (χ0v) is 15.7. The van der Waals surface area contributed by atoms with Crippen molar-refractivity contribution >= 4 is 28.6 Å². The van der Waals surface area contributed by atoms with Crippen molar-refractivity contribution in [1.82, 2.24) is 14.9 Å². The van der Waals surface area contributed by atoms with Crippen LogP contribution in [0.15, 0.2) is 57.0 Å². The predicted molar refractivity (Wildman–Crippen MR) is 102 cm³/mol. The molecule has 1 N–H and O–H groups in total. The second-order valence-electron chi connectivity index (χ2n) is 6.24. The predicted octanol–water partition coefficient (Wildman–Crippen LogP) is 3.37. The number of para-hydroxylation sites is 1. The van der Waals surface area contributed by atoms with E-state index in [0.717, 1.165) is 0 Å². The van der Waals surface area contributed by atoms with Gasteiger partial charge in [0.2, 0.25) is 5.91 Å². The lowest BCUT2D eigenvalue weighted by atomic mass is 10.2. The standard InChI is InChI=1S/C19H21N3O3S/c1-12(2)22-18(24)15-8-4-5-9-16(15)21-19(22)26-13(3)17(23)20-11-14-7-6-10-25-14/h4-10,12-13H,11H2,1-3H3,(H,20,23). The van der Waals surface area contributed by atoms with E-state index in [1.165, 1.54) is 11.8 Å². The number of carbonyl (C=O) groups is 1. The van der Waals surface area contributed by atoms with Crippen molar-refractivity contribution in [1.29, 1.82) is 0 Å². The third-order valence-electron chi connectivity index (χ3n) is 3.96. The van der Waals surface area contributed by atoms with Gasteiger partial charge in [0.15, 0.2) is 5.16 Å². The quantitative estimate of drug-likeness (QED) is 0.531. The molecule has 2 heterocycles. The maximum absolute atomic E-state index is 12.8. The Bertz CT molecular complexity index is 964. The van der Waals surface area contributed by atoms with Gasteiger partial charge < -0.3 is 9.73 Å². The molecule has 0 aliphatic rings. The van der Waals surface area contributed by atoms with Gasteiger partial charge in [0.1, 0.15) is 5.76 Å². The number of amides is 1. The number of thioether (sulfide) groups is 1. The van der Waals surface area contributed by atoms with Gasteiger partial charge >= 0.3 is 0 Å². The van der Waals surface area contributed by atoms with Crippen LogP contribution in [0.2, 0.25) is 0 Å². The Morgan fingerprint density at radius 1 is 1.23 bits per heavy atom. The van der Waals surface area contributed by atoms with Crippen LogP contribution < -0.4 is 10.9 Å². The minimum absolute atomic E-state index is 0.0551. The first-order chi connectivity index (χ1) is 12.5. The van der Waals surface area contributed by atoms with E-state index in [-0.39, 0.29) is 17.5 Å². The minimum atomic E-state index is -0.400. The number of hydrogen-bond donors (Lipinski definition) is 1. The van der Waals surface area contributed by atoms with Gasteiger partial charge in [-0.15, -0.1) is 0 Å². The molecule has 7 heteroatoms. The van der Waals surface area contributed by atoms with E-state index >= 15 is 0 Å². The van der Waals surface area contributed by atoms with Crippen LogP contribution in [0.1, 0.15) is 32.6 Å². The maximum Gasteiger partial charge on any atom is 0.262 e. The largest absolute Gasteiger partial charge is 0.467 e. The molecule has 0 aliphatic heterocycles. The molecule has 0 saturated carbocycles. The molecule has 1 atom stereocenters. The lowest BCUT2D eigenvalue weighted by Gasteiger charge is -2.18. The first-order valence-electron chi connectivity index (χ1n) is 8.45. The maximum atomic E-state index is 12.8. The van der Waals surface area contributed by atoms with Gasteiger partial charge in [0.05, 0.1) is 29.0 Å². The molecule has 1 amide bonds. The zero-order valence-electron chi connectivity index (χ0n) is 14.9. The molecular weight excluding hydrogens is 350 g/mol. The molecule has 3 rings (SSSR count). The van der Waals surface area contributed by atoms with Crippen LogP contribution in [0.25, 0.3) is 10.9 Å². The van der Waals surface area contributed by atoms with Crippen LogP contribution >= 0.6 is 11.8 Å². The summed E-state index contributed by atoms with van der Waals surface area (Å²) in [5.74, 6) is 0.558. The van der Waals surface area contributed by atoms with Crippen molar-refractivity contribution in [3.8, 4) is 0 Å². The highest BCUT2D eigenvalue weighted by Crippen LogP contribution is 2.24. The highest BCUT2D eigenvalue weighted by Gasteiger charge is 2.20. The molecule has 26 heavy (non-hydrogen) atoms. The molecule has 0 fully saturated rings. The van der Waals surface area contributed by atoms with Gasteiger partial charge in [-0.2, -0.15) is 0 Å². The molecule has 0 aliphatic carbocycles. The van der Waals surface area contributed by atoms with Crippen molar-refractivity contribution in [2.75, 3.05) is 0 Å². The summed E-state index contributed by atoms with van der Waals surface area (Å²) < 4.78 is 6.86. The summed E-state index contributed by atoms with van der Waals surface area (Å²) in [6.45, 7) is 6.00. The molecular formula is C19H21N3O3S. The third-order valence-corrected chi connectivity index (χ3v) is 5.03. The van der Waals surface area contributed by atoms with Crippen molar-refractivity contribution in [2.24, 2.45) is 0 Å². The molecule has 1 unspecified atom stereocenters. The minimum Gasteiger partial charge on any atom is -0.467 e. The van der Waals surface area contributed by atoms with Gasteiger partial charge in [-0.05, 0) is 45.0 Å². The Morgan fingerprint density at radius 3 is 2.69 bits per heavy atom. The number of hydrogen-bond acceptors (Lipinski definition) is 5. The second-order valence-corrected chi connectivity index (χ2v) is 7.55. The molecule has 6 nitrogen and oxygen atoms in total. The fourth-order valence-corrected chi connectivity index (χ4v) is 3.67. The average Bonchev–Trinajstić information content (AvgIpc) is 3.13. The molecule has 2 aromatic heterocycles. The SMILES string of the molecule is CC(Sc1nc2ccccc2c(=O)n1C(C)C)C(=O)NCc1ccco1. The number of benzene rings is 1. The topological polar surface area (TPSA) is 77.1 Å². The third kappa shape index (κ3) is 3.83. The Balaban J connectivity index is 1.83. The summed E-state index contributed by atoms with van der Waals surface area (Å²) in [6.07, 6.45) is 1.57. The van der Waals surface area contributed by atoms with Crippen molar-refractivity contribution in [3.05, 3.63) is 58.8 Å². The summed E-state index contributed by atoms with van der Waals surface area (Å²) in [7, 11) is 0. The van der Waals surface area contributed by atoms with Crippen LogP contribution in [0.5, 0.6) is 0 Å². The van der Waals surface area contributed by atoms with Gasteiger partial charge in [-0.25, -0.2) is 4.98 Å². The highest BCUT2D eigenvalue weighted by atomic mass is 32.2. The summed E-state index contributed by atoms with van der Waals surface area (Å²) >= 11 is 1.28. The van der Waals surface area contributed by atoms with Gasteiger partial charge in [-0.3, -0.25) is 14.2 Å².